The average Bonchev–Trinajstić information content (AvgIpc) is 3.79. The van der Waals surface area contributed by atoms with E-state index in [9.17, 15) is 75.4 Å². The Morgan fingerprint density at radius 3 is 1.71 bits per heavy atom. The monoisotopic (exact) mass is 1140 g/mol. The molecule has 0 aliphatic heterocycles. The van der Waals surface area contributed by atoms with Crippen molar-refractivity contribution in [3.05, 3.63) is 105 Å². The maximum Gasteiger partial charge on any atom is 0.374 e. The number of carboxylic acids is 1. The predicted molar refractivity (Wildman–Crippen MR) is 276 cm³/mol. The predicted octanol–water partition coefficient (Wildman–Crippen LogP) is 2.75. The summed E-state index contributed by atoms with van der Waals surface area (Å²) >= 11 is 0. The van der Waals surface area contributed by atoms with Gasteiger partial charge in [0.2, 0.25) is 64.4 Å². The summed E-state index contributed by atoms with van der Waals surface area (Å²) in [6, 6.07) is 7.14. The van der Waals surface area contributed by atoms with Crippen LogP contribution in [0.15, 0.2) is 54.7 Å². The van der Waals surface area contributed by atoms with Crippen LogP contribution < -0.4 is 43.0 Å². The molecule has 0 spiro atoms. The van der Waals surface area contributed by atoms with E-state index >= 15 is 0 Å². The van der Waals surface area contributed by atoms with Gasteiger partial charge in [-0.25, -0.2) is 18.0 Å². The second-order valence-corrected chi connectivity index (χ2v) is 17.6. The number of para-hydroxylation sites is 1. The van der Waals surface area contributed by atoms with Crippen LogP contribution in [0.3, 0.4) is 0 Å². The number of nitro benzene ring substituents is 1. The van der Waals surface area contributed by atoms with Crippen molar-refractivity contribution < 1.29 is 94.6 Å². The van der Waals surface area contributed by atoms with Gasteiger partial charge in [0.1, 0.15) is 30.8 Å². The number of unbranched alkanes of at least 4 members (excludes halogenated alkanes) is 6. The van der Waals surface area contributed by atoms with Crippen LogP contribution in [-0.4, -0.2) is 111 Å². The maximum absolute atomic E-state index is 14.1. The molecule has 0 saturated heterocycles. The number of hydrogen-bond acceptors (Lipinski definition) is 16. The third-order valence-corrected chi connectivity index (χ3v) is 10.9. The molecule has 4 atom stereocenters. The zero-order chi connectivity index (χ0) is 59.5. The molecule has 0 aliphatic rings. The lowest BCUT2D eigenvalue weighted by molar-refractivity contribution is -0.384. The maximum atomic E-state index is 14.1. The highest BCUT2D eigenvalue weighted by atomic mass is 19.2. The smallest absolute Gasteiger partial charge is 0.374 e. The number of benzene rings is 3. The van der Waals surface area contributed by atoms with Crippen molar-refractivity contribution in [2.45, 2.75) is 128 Å². The van der Waals surface area contributed by atoms with E-state index in [0.717, 1.165) is 49.4 Å². The first-order valence-electron chi connectivity index (χ1n) is 24.4. The summed E-state index contributed by atoms with van der Waals surface area (Å²) in [7, 11) is -2.00. The number of aromatic amines is 1. The highest BCUT2D eigenvalue weighted by Crippen LogP contribution is 2.30. The molecule has 0 fully saturated rings. The molecule has 0 radical (unpaired) electrons. The Hall–Kier alpha value is -8.09. The summed E-state index contributed by atoms with van der Waals surface area (Å²) in [4.78, 5) is 107. The first-order valence-corrected chi connectivity index (χ1v) is 24.4. The van der Waals surface area contributed by atoms with E-state index in [1.54, 1.807) is 30.5 Å². The quantitative estimate of drug-likeness (QED) is 0.00411. The molecule has 1 heterocycles. The standard InChI is InChI=1S/C31H35F5N4O5.C12H16BN3O6.C5H11BN2O4.FH/c1-2-3-4-5-6-7-8-13-23(42)39-20(14-17-16-38-19-12-10-9-11-18(17)19)30(43)40-21(15-22(37)41)31(44)45-29-27(35)25(33)24(32)26(34)28(29)36;1-13(19)15-10(6-11(14)17)12(18)22-7-8-2-4-9(5-3-8)16(20)21;1-6(12)8-3(5(10)11)2-4(7)9;/h9-12,16,20-21,38H,2-8,13-15H2,1H3,(H2,37,41)(H,39,42)(H,40,43);2-5,10,15,19H,6-7H2,1H3,(H2,14,17);3,8,12H,2H2,1H3,(H2,7,9)(H,10,11);1H/t20-,21+;10-;3-;/m011./s1. The number of halogens is 6. The average molecular weight is 1140 g/mol. The van der Waals surface area contributed by atoms with Crippen molar-refractivity contribution in [3.8, 4) is 5.75 Å². The van der Waals surface area contributed by atoms with Gasteiger partial charge >= 0.3 is 32.0 Å². The number of aromatic nitrogens is 1. The molecule has 438 valence electrons. The van der Waals surface area contributed by atoms with Crippen LogP contribution >= 0.6 is 0 Å². The van der Waals surface area contributed by atoms with E-state index in [0.29, 0.717) is 17.5 Å². The van der Waals surface area contributed by atoms with E-state index in [1.807, 2.05) is 0 Å². The number of rotatable bonds is 30. The SMILES string of the molecule is CB(O)N[C@H](CC(N)=O)C(=O)O.CB(O)N[C@H](CC(N)=O)C(=O)OCc1ccc([N+](=O)[O-])cc1.CCCCCCCCCC(=O)N[C@@H](Cc1c[nH]c2ccccc12)C(=O)N[C@H](CC(N)=O)C(=O)Oc1c(F)c(F)c(F)c(F)c1F.F. The van der Waals surface area contributed by atoms with Gasteiger partial charge in [-0.2, -0.15) is 8.78 Å². The molecule has 0 aliphatic carbocycles. The number of carboxylic acid groups (broad SMARTS) is 1. The topological polar surface area (TPSA) is 401 Å². The van der Waals surface area contributed by atoms with E-state index in [2.05, 4.69) is 37.7 Å². The second-order valence-electron chi connectivity index (χ2n) is 17.6. The van der Waals surface area contributed by atoms with Gasteiger partial charge in [0, 0.05) is 42.1 Å². The number of hydrogen-bond donors (Lipinski definition) is 11. The number of nitrogens with zero attached hydrogens (tertiary/aromatic N) is 1. The molecule has 24 nitrogen and oxygen atoms in total. The number of carbonyl (C=O) groups excluding carboxylic acids is 7. The molecule has 0 unspecified atom stereocenters. The van der Waals surface area contributed by atoms with Crippen molar-refractivity contribution in [2.75, 3.05) is 0 Å². The molecule has 3 aromatic carbocycles. The fraction of sp³-hybridized carbons (Fsp3) is 0.417. The summed E-state index contributed by atoms with van der Waals surface area (Å²) in [6.07, 6.45) is 6.78. The number of aliphatic carboxylic acids is 1. The Morgan fingerprint density at radius 2 is 1.19 bits per heavy atom. The molecule has 4 rings (SSSR count). The minimum absolute atomic E-state index is 0. The number of esters is 2. The number of nitrogens with two attached hydrogens (primary N) is 3. The molecule has 0 bridgehead atoms. The highest BCUT2D eigenvalue weighted by Gasteiger charge is 2.34. The summed E-state index contributed by atoms with van der Waals surface area (Å²) in [5.74, 6) is -21.7. The van der Waals surface area contributed by atoms with Crippen LogP contribution in [0.1, 0.15) is 88.7 Å². The molecule has 80 heavy (non-hydrogen) atoms. The third kappa shape index (κ3) is 24.7. The minimum Gasteiger partial charge on any atom is -0.480 e. The van der Waals surface area contributed by atoms with Crippen molar-refractivity contribution in [3.63, 3.8) is 0 Å². The Morgan fingerprint density at radius 1 is 0.688 bits per heavy atom. The molecule has 32 heteroatoms. The Balaban J connectivity index is 0.000000754. The van der Waals surface area contributed by atoms with E-state index in [1.165, 1.54) is 37.9 Å². The van der Waals surface area contributed by atoms with Gasteiger partial charge in [0.25, 0.3) is 5.69 Å². The molecule has 0 saturated carbocycles. The number of carbonyl (C=O) groups is 8. The van der Waals surface area contributed by atoms with Gasteiger partial charge in [-0.1, -0.05) is 63.6 Å². The minimum atomic E-state index is -2.47. The molecular weight excluding hydrogens is 1080 g/mol. The van der Waals surface area contributed by atoms with Gasteiger partial charge in [0.15, 0.2) is 0 Å². The van der Waals surface area contributed by atoms with Crippen molar-refractivity contribution in [1.82, 2.24) is 26.1 Å². The normalized spacial score (nSPS) is 12.0. The molecule has 1 aromatic heterocycles. The number of fused-ring (bicyclic) bond motifs is 1. The van der Waals surface area contributed by atoms with Crippen molar-refractivity contribution in [2.24, 2.45) is 17.2 Å². The largest absolute Gasteiger partial charge is 0.480 e. The lowest BCUT2D eigenvalue weighted by Gasteiger charge is -2.22. The Labute approximate surface area is 454 Å². The highest BCUT2D eigenvalue weighted by molar-refractivity contribution is 6.46. The third-order valence-electron chi connectivity index (χ3n) is 10.9. The number of H-pyrrole nitrogens is 1. The van der Waals surface area contributed by atoms with Crippen molar-refractivity contribution >= 4 is 78.1 Å². The Kier molecular flexibility index (Phi) is 31.0. The van der Waals surface area contributed by atoms with Crippen LogP contribution in [0.25, 0.3) is 10.9 Å². The lowest BCUT2D eigenvalue weighted by atomic mass is 9.86. The summed E-state index contributed by atoms with van der Waals surface area (Å²) in [5.41, 5.74) is 16.8. The first kappa shape index (κ1) is 69.9. The van der Waals surface area contributed by atoms with Gasteiger partial charge in [-0.3, -0.25) is 48.4 Å². The zero-order valence-corrected chi connectivity index (χ0v) is 43.6. The van der Waals surface area contributed by atoms with Gasteiger partial charge in [0.05, 0.1) is 24.2 Å². The number of nitro groups is 1. The molecule has 5 amide bonds. The number of ether oxygens (including phenoxy) is 2. The van der Waals surface area contributed by atoms with Gasteiger partial charge in [-0.15, -0.1) is 0 Å². The van der Waals surface area contributed by atoms with Crippen molar-refractivity contribution in [1.29, 1.82) is 0 Å². The van der Waals surface area contributed by atoms with Crippen LogP contribution in [0.4, 0.5) is 32.3 Å². The number of amides is 5. The van der Waals surface area contributed by atoms with Crippen LogP contribution in [0, 0.1) is 39.2 Å². The fourth-order valence-corrected chi connectivity index (χ4v) is 7.13. The van der Waals surface area contributed by atoms with Crippen LogP contribution in [0.5, 0.6) is 5.75 Å². The lowest BCUT2D eigenvalue weighted by Crippen LogP contribution is -2.54. The van der Waals surface area contributed by atoms with Gasteiger partial charge < -0.3 is 67.9 Å². The molecular formula is C48H63B2F6N9O15. The number of nitrogens with one attached hydrogen (secondary N) is 5. The summed E-state index contributed by atoms with van der Waals surface area (Å²) < 4.78 is 78.4. The van der Waals surface area contributed by atoms with Gasteiger partial charge in [-0.05, 0) is 49.4 Å². The summed E-state index contributed by atoms with van der Waals surface area (Å²) in [5, 5.41) is 47.2. The van der Waals surface area contributed by atoms with E-state index in [4.69, 9.17) is 32.1 Å². The summed E-state index contributed by atoms with van der Waals surface area (Å²) in [6.45, 7) is 4.74. The zero-order valence-electron chi connectivity index (χ0n) is 43.6. The van der Waals surface area contributed by atoms with Crippen LogP contribution in [0.2, 0.25) is 13.6 Å². The fourth-order valence-electron chi connectivity index (χ4n) is 7.13. The Bertz CT molecular complexity index is 2720. The number of non-ortho nitro benzene ring substituents is 1. The second kappa shape index (κ2) is 35.4. The first-order chi connectivity index (χ1) is 37.2. The molecule has 14 N–H and O–H groups in total. The van der Waals surface area contributed by atoms with E-state index < -0.39 is 132 Å². The number of primary amides is 3. The van der Waals surface area contributed by atoms with Crippen LogP contribution in [-0.2, 0) is 56.1 Å². The molecule has 4 aromatic rings. The van der Waals surface area contributed by atoms with E-state index in [-0.39, 0.29) is 42.7 Å².